The first-order valence-corrected chi connectivity index (χ1v) is 16.7. The Hall–Kier alpha value is -3.35. The van der Waals surface area contributed by atoms with E-state index in [1.807, 2.05) is 30.1 Å². The molecular formula is C34H51ClN6O6. The predicted molar refractivity (Wildman–Crippen MR) is 182 cm³/mol. The molecule has 2 aromatic rings. The smallest absolute Gasteiger partial charge is 0.271 e. The minimum atomic E-state index is -0.580. The van der Waals surface area contributed by atoms with Crippen molar-refractivity contribution in [3.63, 3.8) is 0 Å². The molecule has 1 aliphatic carbocycles. The van der Waals surface area contributed by atoms with Gasteiger partial charge in [-0.2, -0.15) is 0 Å². The van der Waals surface area contributed by atoms with E-state index in [4.69, 9.17) is 9.47 Å². The number of nitrogens with zero attached hydrogens (tertiary/aromatic N) is 4. The number of likely N-dealkylation sites (N-methyl/N-ethyl adjacent to an activating group) is 1. The van der Waals surface area contributed by atoms with Gasteiger partial charge in [0, 0.05) is 58.3 Å². The Morgan fingerprint density at radius 3 is 2.23 bits per heavy atom. The highest BCUT2D eigenvalue weighted by molar-refractivity contribution is 6.16. The monoisotopic (exact) mass is 674 g/mol. The number of carbonyl (C=O) groups excluding carboxylic acids is 4. The number of hydrogen-bond acceptors (Lipinski definition) is 7. The Morgan fingerprint density at radius 1 is 0.915 bits per heavy atom. The quantitative estimate of drug-likeness (QED) is 0.397. The number of nitrogens with one attached hydrogen (secondary N) is 2. The number of hydrogen-bond donors (Lipinski definition) is 2. The summed E-state index contributed by atoms with van der Waals surface area (Å²) in [6.45, 7) is 4.21. The second kappa shape index (κ2) is 16.2. The minimum absolute atomic E-state index is 0. The van der Waals surface area contributed by atoms with Gasteiger partial charge in [0.1, 0.15) is 17.5 Å². The first-order valence-electron chi connectivity index (χ1n) is 16.7. The van der Waals surface area contributed by atoms with Crippen LogP contribution in [0, 0.1) is 5.92 Å². The number of halogens is 1. The Labute approximate surface area is 283 Å². The molecule has 13 heteroatoms. The molecule has 3 atom stereocenters. The van der Waals surface area contributed by atoms with Gasteiger partial charge in [-0.15, -0.1) is 12.4 Å². The first kappa shape index (κ1) is 36.5. The fourth-order valence-electron chi connectivity index (χ4n) is 7.36. The SMILES string of the molecule is CNC(C)C(=O)NC(C(=O)N1CCN(C(=O)c2c(C(=O)N3CCC[C@H]3COC)c3ccc(OC)cc3n2C)CC1)C1CCCCC1.Cl. The zero-order valence-electron chi connectivity index (χ0n) is 28.4. The molecule has 3 fully saturated rings. The van der Waals surface area contributed by atoms with Gasteiger partial charge in [-0.3, -0.25) is 19.2 Å². The second-order valence-corrected chi connectivity index (χ2v) is 12.9. The molecule has 2 aliphatic heterocycles. The number of carbonyl (C=O) groups is 4. The van der Waals surface area contributed by atoms with Gasteiger partial charge in [0.05, 0.1) is 36.9 Å². The number of likely N-dealkylation sites (tertiary alicyclic amines) is 1. The fraction of sp³-hybridized carbons (Fsp3) is 0.647. The molecule has 5 rings (SSSR count). The summed E-state index contributed by atoms with van der Waals surface area (Å²) in [5, 5.41) is 6.71. The zero-order valence-corrected chi connectivity index (χ0v) is 29.2. The van der Waals surface area contributed by atoms with Crippen molar-refractivity contribution in [2.45, 2.75) is 70.0 Å². The normalized spacial score (nSPS) is 20.1. The molecule has 0 spiro atoms. The van der Waals surface area contributed by atoms with E-state index in [2.05, 4.69) is 10.6 Å². The molecule has 2 unspecified atom stereocenters. The van der Waals surface area contributed by atoms with Gasteiger partial charge >= 0.3 is 0 Å². The van der Waals surface area contributed by atoms with Gasteiger partial charge in [0.2, 0.25) is 11.8 Å². The summed E-state index contributed by atoms with van der Waals surface area (Å²) in [6, 6.07) is 4.49. The lowest BCUT2D eigenvalue weighted by Gasteiger charge is -2.39. The summed E-state index contributed by atoms with van der Waals surface area (Å²) >= 11 is 0. The van der Waals surface area contributed by atoms with Crippen molar-refractivity contribution in [2.24, 2.45) is 13.0 Å². The number of benzene rings is 1. The van der Waals surface area contributed by atoms with Crippen LogP contribution in [0.15, 0.2) is 18.2 Å². The summed E-state index contributed by atoms with van der Waals surface area (Å²) in [6.07, 6.45) is 6.81. The van der Waals surface area contributed by atoms with E-state index in [0.29, 0.717) is 61.7 Å². The summed E-state index contributed by atoms with van der Waals surface area (Å²) < 4.78 is 12.7. The third-order valence-corrected chi connectivity index (χ3v) is 10.2. The first-order chi connectivity index (χ1) is 22.2. The molecule has 0 radical (unpaired) electrons. The molecule has 3 heterocycles. The van der Waals surface area contributed by atoms with Crippen LogP contribution < -0.4 is 15.4 Å². The topological polar surface area (TPSA) is 125 Å². The average Bonchev–Trinajstić information content (AvgIpc) is 3.68. The van der Waals surface area contributed by atoms with Gasteiger partial charge < -0.3 is 39.4 Å². The van der Waals surface area contributed by atoms with Crippen molar-refractivity contribution in [2.75, 3.05) is 60.6 Å². The highest BCUT2D eigenvalue weighted by Gasteiger charge is 2.39. The van der Waals surface area contributed by atoms with E-state index in [1.54, 1.807) is 42.6 Å². The largest absolute Gasteiger partial charge is 0.497 e. The van der Waals surface area contributed by atoms with Crippen LogP contribution in [0.5, 0.6) is 5.75 Å². The molecule has 1 aromatic carbocycles. The number of rotatable bonds is 10. The number of fused-ring (bicyclic) bond motifs is 1. The van der Waals surface area contributed by atoms with Crippen molar-refractivity contribution >= 4 is 46.9 Å². The van der Waals surface area contributed by atoms with E-state index >= 15 is 0 Å². The third-order valence-electron chi connectivity index (χ3n) is 10.2. The number of aromatic nitrogens is 1. The molecule has 4 amide bonds. The lowest BCUT2D eigenvalue weighted by molar-refractivity contribution is -0.140. The van der Waals surface area contributed by atoms with Gasteiger partial charge in [0.25, 0.3) is 11.8 Å². The maximum atomic E-state index is 14.3. The molecule has 47 heavy (non-hydrogen) atoms. The third kappa shape index (κ3) is 7.54. The van der Waals surface area contributed by atoms with E-state index in [0.717, 1.165) is 50.5 Å². The minimum Gasteiger partial charge on any atom is -0.497 e. The maximum Gasteiger partial charge on any atom is 0.271 e. The summed E-state index contributed by atoms with van der Waals surface area (Å²) in [7, 11) is 6.77. The highest BCUT2D eigenvalue weighted by Crippen LogP contribution is 2.33. The Kier molecular flexibility index (Phi) is 12.5. The van der Waals surface area contributed by atoms with E-state index in [-0.39, 0.29) is 48.0 Å². The van der Waals surface area contributed by atoms with Crippen LogP contribution in [0.2, 0.25) is 0 Å². The molecule has 2 saturated heterocycles. The Balaban J connectivity index is 0.00000500. The van der Waals surface area contributed by atoms with Crippen LogP contribution in [0.3, 0.4) is 0 Å². The number of piperazine rings is 1. The molecule has 3 aliphatic rings. The number of ether oxygens (including phenoxy) is 2. The van der Waals surface area contributed by atoms with Gasteiger partial charge in [-0.05, 0) is 57.7 Å². The van der Waals surface area contributed by atoms with Crippen molar-refractivity contribution in [1.29, 1.82) is 0 Å². The van der Waals surface area contributed by atoms with Crippen molar-refractivity contribution in [3.05, 3.63) is 29.5 Å². The van der Waals surface area contributed by atoms with Gasteiger partial charge in [-0.1, -0.05) is 19.3 Å². The van der Waals surface area contributed by atoms with Crippen molar-refractivity contribution < 1.29 is 28.7 Å². The van der Waals surface area contributed by atoms with Crippen LogP contribution in [0.25, 0.3) is 10.9 Å². The van der Waals surface area contributed by atoms with Crippen molar-refractivity contribution in [3.8, 4) is 5.75 Å². The molecule has 1 aromatic heterocycles. The Morgan fingerprint density at radius 2 is 1.60 bits per heavy atom. The lowest BCUT2D eigenvalue weighted by atomic mass is 9.83. The van der Waals surface area contributed by atoms with Crippen molar-refractivity contribution in [1.82, 2.24) is 29.9 Å². The second-order valence-electron chi connectivity index (χ2n) is 12.9. The predicted octanol–water partition coefficient (Wildman–Crippen LogP) is 2.82. The number of aryl methyl sites for hydroxylation is 1. The fourth-order valence-corrected chi connectivity index (χ4v) is 7.36. The maximum absolute atomic E-state index is 14.3. The molecule has 12 nitrogen and oxygen atoms in total. The Bertz CT molecular complexity index is 1430. The van der Waals surface area contributed by atoms with Gasteiger partial charge in [-0.25, -0.2) is 0 Å². The van der Waals surface area contributed by atoms with Crippen LogP contribution >= 0.6 is 12.4 Å². The van der Waals surface area contributed by atoms with Crippen LogP contribution in [-0.4, -0.2) is 122 Å². The van der Waals surface area contributed by atoms with Crippen LogP contribution in [0.1, 0.15) is 72.7 Å². The summed E-state index contributed by atoms with van der Waals surface area (Å²) in [4.78, 5) is 60.6. The van der Waals surface area contributed by atoms with Crippen LogP contribution in [0.4, 0.5) is 0 Å². The van der Waals surface area contributed by atoms with E-state index < -0.39 is 12.1 Å². The molecular weight excluding hydrogens is 624 g/mol. The molecule has 0 bridgehead atoms. The van der Waals surface area contributed by atoms with Gasteiger partial charge in [0.15, 0.2) is 0 Å². The number of amides is 4. The summed E-state index contributed by atoms with van der Waals surface area (Å²) in [5.74, 6) is 0.0603. The van der Waals surface area contributed by atoms with Crippen LogP contribution in [-0.2, 0) is 21.4 Å². The molecule has 2 N–H and O–H groups in total. The molecule has 260 valence electrons. The summed E-state index contributed by atoms with van der Waals surface area (Å²) in [5.41, 5.74) is 1.47. The standard InChI is InChI=1S/C34H50N6O6.ClH/c1-22(35-2)31(41)36-29(23-10-7-6-8-11-23)33(43)38-16-18-39(19-17-38)34(44)30-28(32(42)40-15-9-12-24(40)21-45-4)26-14-13-25(46-5)20-27(26)37(30)3;/h13-14,20,22-24,29,35H,6-12,15-19,21H2,1-5H3,(H,36,41);1H/t22?,24-,29?;/m0./s1. The number of methoxy groups -OCH3 is 2. The highest BCUT2D eigenvalue weighted by atomic mass is 35.5. The van der Waals surface area contributed by atoms with E-state index in [9.17, 15) is 19.2 Å². The van der Waals surface area contributed by atoms with E-state index in [1.165, 1.54) is 0 Å². The zero-order chi connectivity index (χ0) is 33.0. The molecule has 1 saturated carbocycles. The lowest BCUT2D eigenvalue weighted by Crippen LogP contribution is -2.59. The average molecular weight is 675 g/mol.